The van der Waals surface area contributed by atoms with Gasteiger partial charge >= 0.3 is 6.18 Å². The molecule has 0 bridgehead atoms. The fourth-order valence-corrected chi connectivity index (χ4v) is 3.71. The second-order valence-electron chi connectivity index (χ2n) is 7.93. The zero-order valence-electron chi connectivity index (χ0n) is 18.4. The maximum atomic E-state index is 14.1. The highest BCUT2D eigenvalue weighted by Gasteiger charge is 2.35. The Morgan fingerprint density at radius 1 is 0.919 bits per heavy atom. The van der Waals surface area contributed by atoms with E-state index in [1.807, 2.05) is 0 Å². The molecule has 0 amide bonds. The third-order valence-corrected chi connectivity index (χ3v) is 5.47. The third-order valence-electron chi connectivity index (χ3n) is 5.47. The van der Waals surface area contributed by atoms with Gasteiger partial charge in [-0.3, -0.25) is 19.8 Å². The van der Waals surface area contributed by atoms with Gasteiger partial charge in [0.2, 0.25) is 0 Å². The highest BCUT2D eigenvalue weighted by Crippen LogP contribution is 2.38. The Bertz CT molecular complexity index is 1600. The number of halogens is 5. The Morgan fingerprint density at radius 3 is 2.41 bits per heavy atom. The molecular formula is C24H13F5N6O2. The quantitative estimate of drug-likeness (QED) is 0.169. The van der Waals surface area contributed by atoms with Crippen LogP contribution in [-0.2, 0) is 12.7 Å². The van der Waals surface area contributed by atoms with E-state index in [4.69, 9.17) is 0 Å². The monoisotopic (exact) mass is 512 g/mol. The molecule has 37 heavy (non-hydrogen) atoms. The first-order valence-corrected chi connectivity index (χ1v) is 10.6. The lowest BCUT2D eigenvalue weighted by molar-refractivity contribution is -0.385. The molecule has 186 valence electrons. The molecule has 0 N–H and O–H groups in total. The lowest BCUT2D eigenvalue weighted by atomic mass is 10.0. The van der Waals surface area contributed by atoms with Crippen molar-refractivity contribution in [1.82, 2.24) is 24.7 Å². The molecule has 0 aliphatic carbocycles. The van der Waals surface area contributed by atoms with Crippen molar-refractivity contribution >= 4 is 5.69 Å². The standard InChI is InChI=1S/C24H13F5N6O2/c25-18-3-1-2-16(22(18)26)23-32-20-10-31-34(12-21(20)33-23)11-13-4-7-19(30-9-13)15-6-5-14(35(36)37)8-17(15)24(27,28)29/h1-10,12H,11H2. The van der Waals surface area contributed by atoms with Crippen molar-refractivity contribution in [2.45, 2.75) is 12.7 Å². The van der Waals surface area contributed by atoms with Crippen molar-refractivity contribution in [3.8, 4) is 34.0 Å². The van der Waals surface area contributed by atoms with Gasteiger partial charge in [-0.25, -0.2) is 18.7 Å². The molecule has 2 aromatic carbocycles. The van der Waals surface area contributed by atoms with E-state index in [0.717, 1.165) is 18.2 Å². The van der Waals surface area contributed by atoms with E-state index in [1.54, 1.807) is 6.07 Å². The number of non-ortho nitro benzene ring substituents is 1. The molecule has 0 radical (unpaired) electrons. The molecule has 1 aromatic heterocycles. The molecule has 2 aliphatic rings. The first kappa shape index (κ1) is 23.9. The molecule has 13 heteroatoms. The zero-order chi connectivity index (χ0) is 26.3. The second-order valence-corrected chi connectivity index (χ2v) is 7.93. The summed E-state index contributed by atoms with van der Waals surface area (Å²) in [6.45, 7) is 0.173. The van der Waals surface area contributed by atoms with Crippen molar-refractivity contribution in [1.29, 1.82) is 0 Å². The van der Waals surface area contributed by atoms with Crippen LogP contribution >= 0.6 is 0 Å². The fourth-order valence-electron chi connectivity index (χ4n) is 3.71. The molecular weight excluding hydrogens is 499 g/mol. The molecule has 0 fully saturated rings. The maximum Gasteiger partial charge on any atom is 0.417 e. The van der Waals surface area contributed by atoms with Crippen molar-refractivity contribution in [3.05, 3.63) is 100.0 Å². The topological polar surface area (TPSA) is 99.6 Å². The van der Waals surface area contributed by atoms with Crippen molar-refractivity contribution in [3.63, 3.8) is 0 Å². The molecule has 0 spiro atoms. The van der Waals surface area contributed by atoms with Crippen LogP contribution in [0.3, 0.4) is 0 Å². The van der Waals surface area contributed by atoms with Gasteiger partial charge in [0.25, 0.3) is 5.69 Å². The Labute approximate surface area is 204 Å². The van der Waals surface area contributed by atoms with E-state index >= 15 is 0 Å². The number of alkyl halides is 3. The highest BCUT2D eigenvalue weighted by atomic mass is 19.4. The molecule has 0 unspecified atom stereocenters. The number of hydrogen-bond acceptors (Lipinski definition) is 6. The predicted octanol–water partition coefficient (Wildman–Crippen LogP) is 5.76. The van der Waals surface area contributed by atoms with E-state index in [-0.39, 0.29) is 29.2 Å². The molecule has 8 nitrogen and oxygen atoms in total. The van der Waals surface area contributed by atoms with E-state index < -0.39 is 34.0 Å². The van der Waals surface area contributed by atoms with Crippen LogP contribution in [-0.4, -0.2) is 29.7 Å². The van der Waals surface area contributed by atoms with Gasteiger partial charge in [0, 0.05) is 23.9 Å². The minimum absolute atomic E-state index is 0.00105. The highest BCUT2D eigenvalue weighted by molar-refractivity contribution is 5.67. The number of pyridine rings is 1. The number of aromatic nitrogens is 5. The molecule has 5 rings (SSSR count). The second kappa shape index (κ2) is 9.00. The summed E-state index contributed by atoms with van der Waals surface area (Å²) in [5.41, 5.74) is -0.906. The Morgan fingerprint density at radius 2 is 1.70 bits per heavy atom. The average molecular weight is 512 g/mol. The van der Waals surface area contributed by atoms with Crippen LogP contribution in [0.25, 0.3) is 34.0 Å². The summed E-state index contributed by atoms with van der Waals surface area (Å²) < 4.78 is 69.7. The SMILES string of the molecule is O=[N+]([O-])c1ccc(-c2ccc(Cn3cc4nc(-c5cccc(F)c5F)nc-4cn3)cn2)c(C(F)(F)F)c1. The lowest BCUT2D eigenvalue weighted by Gasteiger charge is -2.13. The summed E-state index contributed by atoms with van der Waals surface area (Å²) in [6.07, 6.45) is -0.517. The first-order chi connectivity index (χ1) is 17.6. The van der Waals surface area contributed by atoms with E-state index in [0.29, 0.717) is 23.0 Å². The lowest BCUT2D eigenvalue weighted by Crippen LogP contribution is -2.09. The van der Waals surface area contributed by atoms with Crippen LogP contribution in [0.15, 0.2) is 67.1 Å². The van der Waals surface area contributed by atoms with Gasteiger partial charge < -0.3 is 0 Å². The summed E-state index contributed by atoms with van der Waals surface area (Å²) >= 11 is 0. The third kappa shape index (κ3) is 4.70. The summed E-state index contributed by atoms with van der Waals surface area (Å²) in [5.74, 6) is -2.08. The van der Waals surface area contributed by atoms with Crippen LogP contribution in [0.1, 0.15) is 11.1 Å². The van der Waals surface area contributed by atoms with Crippen LogP contribution in [0.5, 0.6) is 0 Å². The van der Waals surface area contributed by atoms with Crippen molar-refractivity contribution in [2.75, 3.05) is 0 Å². The van der Waals surface area contributed by atoms with E-state index in [1.165, 1.54) is 41.5 Å². The molecule has 3 aromatic rings. The predicted molar refractivity (Wildman–Crippen MR) is 120 cm³/mol. The van der Waals surface area contributed by atoms with Crippen LogP contribution < -0.4 is 0 Å². The summed E-state index contributed by atoms with van der Waals surface area (Å²) in [6, 6.07) is 9.09. The number of rotatable bonds is 5. The zero-order valence-corrected chi connectivity index (χ0v) is 18.4. The van der Waals surface area contributed by atoms with Crippen LogP contribution in [0.4, 0.5) is 27.6 Å². The fraction of sp³-hybridized carbons (Fsp3) is 0.0833. The average Bonchev–Trinajstić information content (AvgIpc) is 3.28. The van der Waals surface area contributed by atoms with Gasteiger partial charge in [0.05, 0.1) is 40.7 Å². The molecule has 3 heterocycles. The number of nitro groups is 1. The number of imidazole rings is 1. The van der Waals surface area contributed by atoms with Crippen LogP contribution in [0, 0.1) is 21.7 Å². The molecule has 0 saturated heterocycles. The molecule has 2 aliphatic heterocycles. The van der Waals surface area contributed by atoms with Gasteiger partial charge in [-0.2, -0.15) is 18.3 Å². The largest absolute Gasteiger partial charge is 0.417 e. The number of nitro benzene ring substituents is 1. The number of fused-ring (bicyclic) bond motifs is 1. The Hall–Kier alpha value is -4.81. The van der Waals surface area contributed by atoms with Gasteiger partial charge in [0.1, 0.15) is 11.4 Å². The van der Waals surface area contributed by atoms with Crippen LogP contribution in [0.2, 0.25) is 0 Å². The number of benzene rings is 2. The molecule has 0 saturated carbocycles. The smallest absolute Gasteiger partial charge is 0.266 e. The summed E-state index contributed by atoms with van der Waals surface area (Å²) in [7, 11) is 0. The minimum atomic E-state index is -4.81. The Kier molecular flexibility index (Phi) is 5.82. The molecule has 0 atom stereocenters. The van der Waals surface area contributed by atoms with E-state index in [9.17, 15) is 32.1 Å². The Balaban J connectivity index is 1.41. The van der Waals surface area contributed by atoms with Gasteiger partial charge in [-0.15, -0.1) is 0 Å². The first-order valence-electron chi connectivity index (χ1n) is 10.6. The van der Waals surface area contributed by atoms with E-state index in [2.05, 4.69) is 20.1 Å². The maximum absolute atomic E-state index is 14.1. The summed E-state index contributed by atoms with van der Waals surface area (Å²) in [5, 5.41) is 15.1. The number of hydrogen-bond donors (Lipinski definition) is 0. The van der Waals surface area contributed by atoms with Gasteiger partial charge in [0.15, 0.2) is 17.5 Å². The minimum Gasteiger partial charge on any atom is -0.266 e. The van der Waals surface area contributed by atoms with Crippen molar-refractivity contribution in [2.24, 2.45) is 0 Å². The number of nitrogens with zero attached hydrogens (tertiary/aromatic N) is 6. The van der Waals surface area contributed by atoms with Gasteiger partial charge in [-0.05, 0) is 29.8 Å². The van der Waals surface area contributed by atoms with Crippen molar-refractivity contribution < 1.29 is 26.9 Å². The van der Waals surface area contributed by atoms with Gasteiger partial charge in [-0.1, -0.05) is 12.1 Å². The summed E-state index contributed by atoms with van der Waals surface area (Å²) in [4.78, 5) is 22.5. The normalized spacial score (nSPS) is 11.7.